The number of ketones is 2. The highest BCUT2D eigenvalue weighted by Crippen LogP contribution is 2.67. The number of aliphatic carboxylic acids is 1. The third kappa shape index (κ3) is 3.67. The molecule has 0 bridgehead atoms. The van der Waals surface area contributed by atoms with Crippen LogP contribution in [0.5, 0.6) is 0 Å². The number of esters is 1. The molecule has 0 unspecified atom stereocenters. The van der Waals surface area contributed by atoms with Crippen LogP contribution in [0.15, 0.2) is 23.8 Å². The van der Waals surface area contributed by atoms with Gasteiger partial charge >= 0.3 is 11.9 Å². The minimum Gasteiger partial charge on any atom is -0.478 e. The number of carboxylic acid groups (broad SMARTS) is 1. The topological polar surface area (TPSA) is 138 Å². The summed E-state index contributed by atoms with van der Waals surface area (Å²) in [5, 5.41) is 31.5. The standard InChI is InChI=1S/C25H32O8/c1-23-9-7-15(26)11-14(23)3-4-16-17-8-10-25(32,24(17,2)12-18(27)22(16)23)19(28)13-33-21(31)6-5-20(29)30/h5-6,11,16-18,22,27,32H,3-4,7-10,12-13H2,1-2H3,(H,29,30)/b6-5-/t16-,17-,18-,22+,23-,24-,25-/m0/s1. The quantitative estimate of drug-likeness (QED) is 0.418. The predicted molar refractivity (Wildman–Crippen MR) is 116 cm³/mol. The van der Waals surface area contributed by atoms with Crippen LogP contribution in [-0.4, -0.2) is 57.1 Å². The van der Waals surface area contributed by atoms with Crippen molar-refractivity contribution >= 4 is 23.5 Å². The molecule has 0 spiro atoms. The number of aliphatic hydroxyl groups is 2. The number of Topliss-reactive ketones (excluding diaryl/α,β-unsaturated/α-hetero) is 1. The number of allylic oxidation sites excluding steroid dienone is 1. The average Bonchev–Trinajstić information content (AvgIpc) is 3.02. The van der Waals surface area contributed by atoms with E-state index in [1.54, 1.807) is 6.08 Å². The molecule has 4 aliphatic rings. The molecule has 0 aromatic carbocycles. The zero-order valence-corrected chi connectivity index (χ0v) is 19.1. The molecule has 3 fully saturated rings. The maximum absolute atomic E-state index is 13.1. The monoisotopic (exact) mass is 460 g/mol. The molecule has 4 aliphatic carbocycles. The van der Waals surface area contributed by atoms with E-state index in [2.05, 4.69) is 6.92 Å². The molecule has 0 heterocycles. The first kappa shape index (κ1) is 23.8. The summed E-state index contributed by atoms with van der Waals surface area (Å²) >= 11 is 0. The lowest BCUT2D eigenvalue weighted by molar-refractivity contribution is -0.184. The second-order valence-electron chi connectivity index (χ2n) is 10.7. The number of rotatable bonds is 5. The highest BCUT2D eigenvalue weighted by molar-refractivity contribution is 5.94. The van der Waals surface area contributed by atoms with Gasteiger partial charge in [0.05, 0.1) is 6.10 Å². The zero-order chi connectivity index (χ0) is 24.2. The van der Waals surface area contributed by atoms with Crippen molar-refractivity contribution in [2.24, 2.45) is 28.6 Å². The molecule has 0 amide bonds. The van der Waals surface area contributed by atoms with Crippen LogP contribution in [0, 0.1) is 28.6 Å². The first-order chi connectivity index (χ1) is 15.4. The summed E-state index contributed by atoms with van der Waals surface area (Å²) in [5.41, 5.74) is -1.74. The van der Waals surface area contributed by atoms with E-state index in [9.17, 15) is 29.4 Å². The Morgan fingerprint density at radius 3 is 2.58 bits per heavy atom. The first-order valence-electron chi connectivity index (χ1n) is 11.7. The first-order valence-corrected chi connectivity index (χ1v) is 11.7. The van der Waals surface area contributed by atoms with Crippen molar-refractivity contribution in [2.75, 3.05) is 6.61 Å². The van der Waals surface area contributed by atoms with Gasteiger partial charge in [-0.15, -0.1) is 0 Å². The normalized spacial score (nSPS) is 42.2. The molecule has 0 aromatic heterocycles. The SMILES string of the molecule is C[C@]12CCC(=O)C=C1CC[C@@H]1[C@@H]2[C@@H](O)C[C@@]2(C)[C@H]1CC[C@]2(O)C(=O)COC(=O)/C=C\C(=O)O. The highest BCUT2D eigenvalue weighted by atomic mass is 16.5. The number of carbonyl (C=O) groups is 4. The molecule has 0 aliphatic heterocycles. The van der Waals surface area contributed by atoms with Crippen LogP contribution in [0.1, 0.15) is 58.8 Å². The van der Waals surface area contributed by atoms with Crippen molar-refractivity contribution in [3.63, 3.8) is 0 Å². The highest BCUT2D eigenvalue weighted by Gasteiger charge is 2.68. The number of fused-ring (bicyclic) bond motifs is 5. The van der Waals surface area contributed by atoms with E-state index in [1.165, 1.54) is 0 Å². The Labute approximate surface area is 192 Å². The lowest BCUT2D eigenvalue weighted by atomic mass is 9.45. The largest absolute Gasteiger partial charge is 0.478 e. The second-order valence-corrected chi connectivity index (χ2v) is 10.7. The maximum atomic E-state index is 13.1. The van der Waals surface area contributed by atoms with Crippen molar-refractivity contribution in [3.05, 3.63) is 23.8 Å². The number of aliphatic hydroxyl groups excluding tert-OH is 1. The van der Waals surface area contributed by atoms with Gasteiger partial charge in [0.1, 0.15) is 5.60 Å². The molecule has 0 saturated heterocycles. The Morgan fingerprint density at radius 2 is 1.88 bits per heavy atom. The van der Waals surface area contributed by atoms with Gasteiger partial charge in [-0.1, -0.05) is 19.4 Å². The molecule has 8 nitrogen and oxygen atoms in total. The summed E-state index contributed by atoms with van der Waals surface area (Å²) in [4.78, 5) is 47.3. The minimum absolute atomic E-state index is 0.0264. The van der Waals surface area contributed by atoms with Gasteiger partial charge in [0.25, 0.3) is 0 Å². The number of ether oxygens (including phenoxy) is 1. The van der Waals surface area contributed by atoms with Gasteiger partial charge in [-0.25, -0.2) is 9.59 Å². The van der Waals surface area contributed by atoms with Gasteiger partial charge in [0, 0.05) is 24.0 Å². The minimum atomic E-state index is -1.74. The molecule has 180 valence electrons. The fraction of sp³-hybridized carbons (Fsp3) is 0.680. The zero-order valence-electron chi connectivity index (χ0n) is 19.1. The fourth-order valence-corrected chi connectivity index (χ4v) is 7.59. The van der Waals surface area contributed by atoms with E-state index in [0.717, 1.165) is 24.5 Å². The molecule has 4 rings (SSSR count). The fourth-order valence-electron chi connectivity index (χ4n) is 7.59. The molecule has 3 saturated carbocycles. The number of hydrogen-bond acceptors (Lipinski definition) is 7. The molecule has 0 aromatic rings. The van der Waals surface area contributed by atoms with Crippen LogP contribution < -0.4 is 0 Å². The van der Waals surface area contributed by atoms with Gasteiger partial charge in [-0.05, 0) is 67.8 Å². The van der Waals surface area contributed by atoms with Gasteiger partial charge in [-0.3, -0.25) is 9.59 Å². The summed E-state index contributed by atoms with van der Waals surface area (Å²) in [5.74, 6) is -2.64. The van der Waals surface area contributed by atoms with E-state index >= 15 is 0 Å². The lowest BCUT2D eigenvalue weighted by Gasteiger charge is -2.60. The molecule has 8 heteroatoms. The smallest absolute Gasteiger partial charge is 0.331 e. The van der Waals surface area contributed by atoms with Crippen molar-refractivity contribution in [1.29, 1.82) is 0 Å². The van der Waals surface area contributed by atoms with Crippen LogP contribution in [0.4, 0.5) is 0 Å². The molecule has 3 N–H and O–H groups in total. The molecular formula is C25H32O8. The van der Waals surface area contributed by atoms with Crippen LogP contribution in [0.25, 0.3) is 0 Å². The average molecular weight is 461 g/mol. The molecular weight excluding hydrogens is 428 g/mol. The Bertz CT molecular complexity index is 950. The summed E-state index contributed by atoms with van der Waals surface area (Å²) in [6.45, 7) is 3.34. The summed E-state index contributed by atoms with van der Waals surface area (Å²) in [6, 6.07) is 0. The van der Waals surface area contributed by atoms with E-state index in [0.29, 0.717) is 25.3 Å². The third-order valence-electron chi connectivity index (χ3n) is 9.22. The van der Waals surface area contributed by atoms with Crippen molar-refractivity contribution in [3.8, 4) is 0 Å². The van der Waals surface area contributed by atoms with Gasteiger partial charge in [0.15, 0.2) is 12.4 Å². The van der Waals surface area contributed by atoms with E-state index < -0.39 is 41.4 Å². The van der Waals surface area contributed by atoms with Gasteiger partial charge < -0.3 is 20.1 Å². The van der Waals surface area contributed by atoms with Crippen LogP contribution >= 0.6 is 0 Å². The van der Waals surface area contributed by atoms with Crippen LogP contribution in [0.2, 0.25) is 0 Å². The Hall–Kier alpha value is -2.32. The van der Waals surface area contributed by atoms with Gasteiger partial charge in [-0.2, -0.15) is 0 Å². The summed E-state index contributed by atoms with van der Waals surface area (Å²) < 4.78 is 4.89. The Morgan fingerprint density at radius 1 is 1.15 bits per heavy atom. The molecule has 0 radical (unpaired) electrons. The number of carboxylic acids is 1. The number of carbonyl (C=O) groups excluding carboxylic acids is 3. The van der Waals surface area contributed by atoms with E-state index in [4.69, 9.17) is 9.84 Å². The predicted octanol–water partition coefficient (Wildman–Crippen LogP) is 1.97. The number of hydrogen-bond donors (Lipinski definition) is 3. The van der Waals surface area contributed by atoms with Crippen molar-refractivity contribution in [1.82, 2.24) is 0 Å². The van der Waals surface area contributed by atoms with Crippen molar-refractivity contribution in [2.45, 2.75) is 70.5 Å². The second kappa shape index (κ2) is 8.17. The van der Waals surface area contributed by atoms with E-state index in [1.807, 2.05) is 6.92 Å². The van der Waals surface area contributed by atoms with E-state index in [-0.39, 0.29) is 41.8 Å². The lowest BCUT2D eigenvalue weighted by Crippen LogP contribution is -2.62. The van der Waals surface area contributed by atoms with Crippen LogP contribution in [-0.2, 0) is 23.9 Å². The molecule has 7 atom stereocenters. The molecule has 33 heavy (non-hydrogen) atoms. The third-order valence-corrected chi connectivity index (χ3v) is 9.22. The van der Waals surface area contributed by atoms with Gasteiger partial charge in [0.2, 0.25) is 5.78 Å². The van der Waals surface area contributed by atoms with Crippen LogP contribution in [0.3, 0.4) is 0 Å². The maximum Gasteiger partial charge on any atom is 0.331 e. The summed E-state index contributed by atoms with van der Waals surface area (Å²) in [7, 11) is 0. The Balaban J connectivity index is 1.55. The summed E-state index contributed by atoms with van der Waals surface area (Å²) in [6.07, 6.45) is 6.26. The van der Waals surface area contributed by atoms with Crippen molar-refractivity contribution < 1.29 is 39.2 Å². The Kier molecular flexibility index (Phi) is 5.90.